The zero-order chi connectivity index (χ0) is 21.2. The Morgan fingerprint density at radius 1 is 1.21 bits per heavy atom. The van der Waals surface area contributed by atoms with Crippen molar-refractivity contribution in [3.63, 3.8) is 0 Å². The summed E-state index contributed by atoms with van der Waals surface area (Å²) in [4.78, 5) is 12.1. The van der Waals surface area contributed by atoms with E-state index in [4.69, 9.17) is 25.6 Å². The number of nitrogens with one attached hydrogen (secondary N) is 1. The first-order valence-corrected chi connectivity index (χ1v) is 10.0. The fraction of sp³-hybridized carbons (Fsp3) is 0.571. The highest BCUT2D eigenvalue weighted by Gasteiger charge is 2.52. The summed E-state index contributed by atoms with van der Waals surface area (Å²) in [6, 6.07) is 7.91. The zero-order valence-electron chi connectivity index (χ0n) is 17.9. The SMILES string of the molecule is CC(C)(C)OC(=O)NCC(=Cc1cccc(CCl)c1)B1OC(C)(C)C(C)(C)O1. The van der Waals surface area contributed by atoms with Gasteiger partial charge in [-0.05, 0) is 65.1 Å². The van der Waals surface area contributed by atoms with Gasteiger partial charge in [-0.1, -0.05) is 30.3 Å². The number of benzene rings is 1. The van der Waals surface area contributed by atoms with Gasteiger partial charge in [0, 0.05) is 12.4 Å². The fourth-order valence-electron chi connectivity index (χ4n) is 2.67. The van der Waals surface area contributed by atoms with Gasteiger partial charge in [0.1, 0.15) is 5.60 Å². The number of alkyl halides is 1. The number of rotatable bonds is 5. The summed E-state index contributed by atoms with van der Waals surface area (Å²) in [6.45, 7) is 13.7. The average molecular weight is 408 g/mol. The number of halogens is 1. The summed E-state index contributed by atoms with van der Waals surface area (Å²) in [7, 11) is -0.570. The molecule has 1 fully saturated rings. The molecule has 5 nitrogen and oxygen atoms in total. The van der Waals surface area contributed by atoms with E-state index in [0.717, 1.165) is 16.6 Å². The van der Waals surface area contributed by atoms with E-state index in [1.165, 1.54) is 0 Å². The van der Waals surface area contributed by atoms with Crippen LogP contribution in [0.1, 0.15) is 59.6 Å². The van der Waals surface area contributed by atoms with Gasteiger partial charge in [-0.25, -0.2) is 4.79 Å². The predicted octanol–water partition coefficient (Wildman–Crippen LogP) is 4.96. The van der Waals surface area contributed by atoms with E-state index in [2.05, 4.69) is 5.32 Å². The van der Waals surface area contributed by atoms with Crippen molar-refractivity contribution in [1.29, 1.82) is 0 Å². The molecule has 2 rings (SSSR count). The number of carbonyl (C=O) groups excluding carboxylic acids is 1. The zero-order valence-corrected chi connectivity index (χ0v) is 18.6. The molecule has 1 saturated heterocycles. The van der Waals surface area contributed by atoms with Crippen molar-refractivity contribution in [1.82, 2.24) is 5.32 Å². The number of amides is 1. The molecule has 1 aromatic rings. The van der Waals surface area contributed by atoms with Crippen LogP contribution in [0.3, 0.4) is 0 Å². The molecular formula is C21H31BClNO4. The molecule has 0 aromatic heterocycles. The summed E-state index contributed by atoms with van der Waals surface area (Å²) in [5.41, 5.74) is 1.28. The molecule has 0 bridgehead atoms. The highest BCUT2D eigenvalue weighted by molar-refractivity contribution is 6.56. The van der Waals surface area contributed by atoms with Gasteiger partial charge in [-0.2, -0.15) is 0 Å². The van der Waals surface area contributed by atoms with E-state index in [1.807, 2.05) is 78.8 Å². The first-order chi connectivity index (χ1) is 12.8. The molecule has 1 aliphatic rings. The summed E-state index contributed by atoms with van der Waals surface area (Å²) in [5.74, 6) is 0.434. The van der Waals surface area contributed by atoms with Crippen molar-refractivity contribution in [2.45, 2.75) is 71.1 Å². The lowest BCUT2D eigenvalue weighted by Gasteiger charge is -2.32. The predicted molar refractivity (Wildman–Crippen MR) is 114 cm³/mol. The van der Waals surface area contributed by atoms with Crippen LogP contribution < -0.4 is 5.32 Å². The standard InChI is InChI=1S/C21H31BClNO4/c1-19(2,3)26-18(25)24-14-17(12-15-9-8-10-16(11-15)13-23)22-27-20(4,5)21(6,7)28-22/h8-12H,13-14H2,1-7H3,(H,24,25). The molecule has 0 saturated carbocycles. The molecular weight excluding hydrogens is 376 g/mol. The van der Waals surface area contributed by atoms with Crippen molar-refractivity contribution in [2.24, 2.45) is 0 Å². The number of hydrogen-bond acceptors (Lipinski definition) is 4. The van der Waals surface area contributed by atoms with Gasteiger partial charge in [0.05, 0.1) is 11.2 Å². The lowest BCUT2D eigenvalue weighted by Crippen LogP contribution is -2.41. The monoisotopic (exact) mass is 407 g/mol. The highest BCUT2D eigenvalue weighted by Crippen LogP contribution is 2.38. The largest absolute Gasteiger partial charge is 0.492 e. The summed E-state index contributed by atoms with van der Waals surface area (Å²) < 4.78 is 17.7. The Morgan fingerprint density at radius 2 is 1.82 bits per heavy atom. The third-order valence-electron chi connectivity index (χ3n) is 4.85. The van der Waals surface area contributed by atoms with Gasteiger partial charge in [0.2, 0.25) is 0 Å². The van der Waals surface area contributed by atoms with Crippen molar-refractivity contribution < 1.29 is 18.8 Å². The lowest BCUT2D eigenvalue weighted by atomic mass is 9.77. The van der Waals surface area contributed by atoms with Crippen molar-refractivity contribution >= 4 is 30.9 Å². The van der Waals surface area contributed by atoms with Crippen LogP contribution in [-0.2, 0) is 19.9 Å². The van der Waals surface area contributed by atoms with E-state index in [1.54, 1.807) is 0 Å². The van der Waals surface area contributed by atoms with Gasteiger partial charge >= 0.3 is 13.2 Å². The molecule has 1 aliphatic heterocycles. The Hall–Kier alpha value is -1.50. The van der Waals surface area contributed by atoms with Crippen LogP contribution >= 0.6 is 11.6 Å². The Balaban J connectivity index is 2.26. The Morgan fingerprint density at radius 3 is 2.36 bits per heavy atom. The minimum absolute atomic E-state index is 0.247. The van der Waals surface area contributed by atoms with Gasteiger partial charge in [-0.3, -0.25) is 0 Å². The summed E-state index contributed by atoms with van der Waals surface area (Å²) in [5, 5.41) is 2.80. The molecule has 0 aliphatic carbocycles. The van der Waals surface area contributed by atoms with Gasteiger partial charge < -0.3 is 19.4 Å². The molecule has 0 radical (unpaired) electrons. The van der Waals surface area contributed by atoms with Gasteiger partial charge in [-0.15, -0.1) is 11.6 Å². The van der Waals surface area contributed by atoms with E-state index in [0.29, 0.717) is 5.88 Å². The summed E-state index contributed by atoms with van der Waals surface area (Å²) >= 11 is 5.96. The lowest BCUT2D eigenvalue weighted by molar-refractivity contribution is 0.00578. The van der Waals surface area contributed by atoms with Crippen LogP contribution in [0.25, 0.3) is 6.08 Å². The van der Waals surface area contributed by atoms with Crippen molar-refractivity contribution in [3.05, 3.63) is 40.9 Å². The number of hydrogen-bond donors (Lipinski definition) is 1. The minimum Gasteiger partial charge on any atom is -0.444 e. The maximum atomic E-state index is 12.1. The normalized spacial score (nSPS) is 18.9. The molecule has 1 aromatic carbocycles. The fourth-order valence-corrected chi connectivity index (χ4v) is 2.83. The topological polar surface area (TPSA) is 56.8 Å². The van der Waals surface area contributed by atoms with Crippen LogP contribution in [-0.4, -0.2) is 36.6 Å². The average Bonchev–Trinajstić information content (AvgIpc) is 2.77. The molecule has 28 heavy (non-hydrogen) atoms. The molecule has 0 unspecified atom stereocenters. The second-order valence-electron chi connectivity index (χ2n) is 9.04. The molecule has 0 spiro atoms. The maximum absolute atomic E-state index is 12.1. The van der Waals surface area contributed by atoms with E-state index in [9.17, 15) is 4.79 Å². The number of ether oxygens (including phenoxy) is 1. The van der Waals surface area contributed by atoms with Crippen molar-refractivity contribution in [2.75, 3.05) is 6.54 Å². The molecule has 1 amide bonds. The summed E-state index contributed by atoms with van der Waals surface area (Å²) in [6.07, 6.45) is 1.49. The van der Waals surface area contributed by atoms with Crippen LogP contribution in [0.5, 0.6) is 0 Å². The third kappa shape index (κ3) is 6.00. The number of alkyl carbamates (subject to hydrolysis) is 1. The quantitative estimate of drug-likeness (QED) is 0.553. The minimum atomic E-state index is -0.570. The van der Waals surface area contributed by atoms with Crippen LogP contribution in [0.2, 0.25) is 0 Å². The highest BCUT2D eigenvalue weighted by atomic mass is 35.5. The maximum Gasteiger partial charge on any atom is 0.492 e. The van der Waals surface area contributed by atoms with Crippen molar-refractivity contribution in [3.8, 4) is 0 Å². The molecule has 0 atom stereocenters. The van der Waals surface area contributed by atoms with E-state index >= 15 is 0 Å². The van der Waals surface area contributed by atoms with Crippen LogP contribution in [0.15, 0.2) is 29.7 Å². The first kappa shape index (κ1) is 22.8. The second-order valence-corrected chi connectivity index (χ2v) is 9.31. The molecule has 1 N–H and O–H groups in total. The smallest absolute Gasteiger partial charge is 0.444 e. The second kappa shape index (κ2) is 8.48. The first-order valence-electron chi connectivity index (χ1n) is 9.51. The van der Waals surface area contributed by atoms with Gasteiger partial charge in [0.15, 0.2) is 0 Å². The molecule has 7 heteroatoms. The Kier molecular flexibility index (Phi) is 6.90. The number of carbonyl (C=O) groups is 1. The molecule has 154 valence electrons. The van der Waals surface area contributed by atoms with E-state index < -0.39 is 30.0 Å². The van der Waals surface area contributed by atoms with Crippen LogP contribution in [0, 0.1) is 0 Å². The third-order valence-corrected chi connectivity index (χ3v) is 5.16. The van der Waals surface area contributed by atoms with E-state index in [-0.39, 0.29) is 6.54 Å². The van der Waals surface area contributed by atoms with Gasteiger partial charge in [0.25, 0.3) is 0 Å². The molecule has 1 heterocycles. The Bertz CT molecular complexity index is 724. The van der Waals surface area contributed by atoms with Crippen LogP contribution in [0.4, 0.5) is 4.79 Å². The Labute approximate surface area is 173 Å².